The van der Waals surface area contributed by atoms with E-state index in [2.05, 4.69) is 57.4 Å². The van der Waals surface area contributed by atoms with E-state index in [4.69, 9.17) is 73.2 Å². The van der Waals surface area contributed by atoms with Gasteiger partial charge in [-0.15, -0.1) is 0 Å². The minimum Gasteiger partial charge on any atom is -0.495 e. The third-order valence-corrected chi connectivity index (χ3v) is 16.3. The SMILES string of the molecule is COc1ccc(NC(=O)/C=C/CN(C)CCCCNC(=O)CCCC(=O)NCCOCCOCCOCCOCCOCCOCCOCCOCCOCOCCOCCOCCNC(=O)CCCC[C@@H]2SC[C@@H]3NC(=O)N[C@@H]32)cc1Nc1cc(Nc2ccc(F)c(Cl)c2)ncn1. The number of benzene rings is 2. The molecule has 3 aromatic rings. The van der Waals surface area contributed by atoms with Crippen molar-refractivity contribution in [2.24, 2.45) is 0 Å². The molecule has 2 saturated heterocycles. The van der Waals surface area contributed by atoms with E-state index in [1.807, 2.05) is 18.8 Å². The van der Waals surface area contributed by atoms with E-state index >= 15 is 0 Å². The van der Waals surface area contributed by atoms with Gasteiger partial charge in [0.15, 0.2) is 0 Å². The van der Waals surface area contributed by atoms with Crippen LogP contribution in [0.1, 0.15) is 57.8 Å². The molecule has 5 rings (SSSR count). The zero-order valence-corrected chi connectivity index (χ0v) is 58.3. The first-order valence-corrected chi connectivity index (χ1v) is 34.9. The van der Waals surface area contributed by atoms with Crippen LogP contribution in [-0.2, 0) is 76.0 Å². The zero-order chi connectivity index (χ0) is 69.7. The Balaban J connectivity index is 0.667. The summed E-state index contributed by atoms with van der Waals surface area (Å²) in [5.74, 6) is 1.32. The number of likely N-dealkylation sites (N-methyl/N-ethyl adjacent to an activating group) is 1. The van der Waals surface area contributed by atoms with E-state index in [0.717, 1.165) is 44.4 Å². The largest absolute Gasteiger partial charge is 0.495 e. The zero-order valence-electron chi connectivity index (χ0n) is 56.7. The summed E-state index contributed by atoms with van der Waals surface area (Å²) >= 11 is 7.80. The molecule has 2 aliphatic rings. The molecule has 0 unspecified atom stereocenters. The van der Waals surface area contributed by atoms with Crippen LogP contribution in [0, 0.1) is 5.82 Å². The molecule has 3 heterocycles. The van der Waals surface area contributed by atoms with Crippen molar-refractivity contribution in [3.63, 3.8) is 0 Å². The molecular formula is C66H103ClFN11O18S. The number of anilines is 5. The molecule has 29 nitrogen and oxygen atoms in total. The number of urea groups is 1. The number of carbonyl (C=O) groups is 5. The fourth-order valence-electron chi connectivity index (χ4n) is 9.44. The second kappa shape index (κ2) is 53.7. The molecule has 0 spiro atoms. The molecule has 0 saturated carbocycles. The smallest absolute Gasteiger partial charge is 0.315 e. The van der Waals surface area contributed by atoms with E-state index in [9.17, 15) is 28.4 Å². The number of ether oxygens (including phenoxy) is 13. The predicted molar refractivity (Wildman–Crippen MR) is 369 cm³/mol. The highest BCUT2D eigenvalue weighted by molar-refractivity contribution is 8.00. The minimum atomic E-state index is -0.526. The van der Waals surface area contributed by atoms with Crippen molar-refractivity contribution in [1.82, 2.24) is 41.5 Å². The van der Waals surface area contributed by atoms with Gasteiger partial charge in [-0.05, 0) is 82.1 Å². The Bertz CT molecular complexity index is 2730. The molecule has 2 fully saturated rings. The average Bonchev–Trinajstić information content (AvgIpc) is 1.65. The number of thioether (sulfide) groups is 1. The third-order valence-electron chi connectivity index (χ3n) is 14.5. The summed E-state index contributed by atoms with van der Waals surface area (Å²) in [4.78, 5) is 71.5. The number of rotatable bonds is 61. The van der Waals surface area contributed by atoms with Crippen molar-refractivity contribution in [2.75, 3.05) is 221 Å². The molecule has 0 aliphatic carbocycles. The van der Waals surface area contributed by atoms with Crippen LogP contribution in [0.5, 0.6) is 5.75 Å². The number of fused-ring (bicyclic) bond motifs is 1. The van der Waals surface area contributed by atoms with Crippen LogP contribution in [0.15, 0.2) is 60.9 Å². The molecule has 550 valence electrons. The number of halogens is 2. The van der Waals surface area contributed by atoms with Gasteiger partial charge in [0.25, 0.3) is 0 Å². The van der Waals surface area contributed by atoms with E-state index in [1.54, 1.807) is 36.4 Å². The molecular weight excluding hydrogens is 1320 g/mol. The minimum absolute atomic E-state index is 0.0196. The summed E-state index contributed by atoms with van der Waals surface area (Å²) in [6, 6.07) is 11.4. The van der Waals surface area contributed by atoms with Crippen LogP contribution in [0.3, 0.4) is 0 Å². The van der Waals surface area contributed by atoms with E-state index in [-0.39, 0.29) is 66.4 Å². The van der Waals surface area contributed by atoms with Crippen molar-refractivity contribution >= 4 is 81.7 Å². The first-order valence-electron chi connectivity index (χ1n) is 33.5. The standard InChI is InChI=1S/C66H103ClFN11O18S/c1-79(22-8-13-64(83)75-52-15-17-57(85-2)55(46-52)76-60-47-59(72-49-73-60)74-51-14-16-54(68)53(67)45-51)21-6-5-18-69-62(81)11-7-12-63(82)71-20-24-87-25-27-88-29-30-89-31-32-90-33-34-91-35-36-92-37-38-93-39-40-95-42-44-97-50-96-43-41-94-28-26-86-23-19-70-61(80)10-4-3-9-58-65-56(48-98-58)77-66(84)78-65/h8,13-17,45-47,49,56,58,65H,3-7,9-12,18-44,48,50H2,1-2H3,(H,69,81)(H,70,80)(H,71,82)(H,75,83)(H2,77,78,84)(H2,72,73,74,76)/b13-8+/t56-,58-,65-/m0/s1. The molecule has 0 radical (unpaired) electrons. The second-order valence-corrected chi connectivity index (χ2v) is 24.0. The van der Waals surface area contributed by atoms with E-state index in [0.29, 0.717) is 224 Å². The van der Waals surface area contributed by atoms with Crippen LogP contribution in [0.2, 0.25) is 5.02 Å². The Morgan fingerprint density at radius 1 is 0.592 bits per heavy atom. The summed E-state index contributed by atoms with van der Waals surface area (Å²) in [7, 11) is 3.49. The van der Waals surface area contributed by atoms with Crippen molar-refractivity contribution < 1.29 is 89.9 Å². The molecule has 1 aromatic heterocycles. The van der Waals surface area contributed by atoms with Gasteiger partial charge in [0.05, 0.1) is 175 Å². The maximum atomic E-state index is 13.6. The lowest BCUT2D eigenvalue weighted by molar-refractivity contribution is -0.123. The molecule has 0 bridgehead atoms. The highest BCUT2D eigenvalue weighted by atomic mass is 35.5. The van der Waals surface area contributed by atoms with Gasteiger partial charge in [-0.1, -0.05) is 24.1 Å². The molecule has 6 amide bonds. The quantitative estimate of drug-likeness (QED) is 0.0152. The predicted octanol–water partition coefficient (Wildman–Crippen LogP) is 5.37. The van der Waals surface area contributed by atoms with E-state index < -0.39 is 5.82 Å². The third kappa shape index (κ3) is 39.6. The number of hydrogen-bond acceptors (Lipinski definition) is 24. The van der Waals surface area contributed by atoms with Gasteiger partial charge in [0.1, 0.15) is 36.3 Å². The average molecular weight is 1430 g/mol. The number of methoxy groups -OCH3 is 1. The first kappa shape index (κ1) is 82.5. The van der Waals surface area contributed by atoms with Gasteiger partial charge in [0, 0.05) is 80.0 Å². The number of hydrogen-bond donors (Lipinski definition) is 8. The van der Waals surface area contributed by atoms with Gasteiger partial charge in [-0.25, -0.2) is 19.2 Å². The fraction of sp³-hybridized carbons (Fsp3) is 0.652. The maximum absolute atomic E-state index is 13.6. The second-order valence-electron chi connectivity index (χ2n) is 22.3. The normalized spacial score (nSPS) is 14.9. The molecule has 3 atom stereocenters. The van der Waals surface area contributed by atoms with Gasteiger partial charge in [0.2, 0.25) is 23.6 Å². The number of carbonyl (C=O) groups excluding carboxylic acids is 5. The van der Waals surface area contributed by atoms with Crippen LogP contribution >= 0.6 is 23.4 Å². The summed E-state index contributed by atoms with van der Waals surface area (Å²) in [5.41, 5.74) is 1.63. The number of aromatic nitrogens is 2. The van der Waals surface area contributed by atoms with Crippen LogP contribution < -0.4 is 47.3 Å². The Morgan fingerprint density at radius 2 is 1.09 bits per heavy atom. The van der Waals surface area contributed by atoms with Crippen molar-refractivity contribution in [1.29, 1.82) is 0 Å². The van der Waals surface area contributed by atoms with Gasteiger partial charge in [-0.2, -0.15) is 11.8 Å². The molecule has 32 heteroatoms. The Morgan fingerprint density at radius 3 is 1.63 bits per heavy atom. The molecule has 98 heavy (non-hydrogen) atoms. The number of unbranched alkanes of at least 4 members (excludes halogenated alkanes) is 2. The van der Waals surface area contributed by atoms with Crippen LogP contribution in [0.25, 0.3) is 0 Å². The van der Waals surface area contributed by atoms with Crippen molar-refractivity contribution in [3.8, 4) is 5.75 Å². The summed E-state index contributed by atoms with van der Waals surface area (Å²) in [6.45, 7) is 12.2. The molecule has 8 N–H and O–H groups in total. The Kier molecular flexibility index (Phi) is 45.2. The Labute approximate surface area is 584 Å². The molecule has 2 aromatic carbocycles. The summed E-state index contributed by atoms with van der Waals surface area (Å²) in [6.07, 6.45) is 10.5. The number of nitrogens with one attached hydrogen (secondary N) is 8. The van der Waals surface area contributed by atoms with Crippen molar-refractivity contribution in [2.45, 2.75) is 75.1 Å². The monoisotopic (exact) mass is 1420 g/mol. The summed E-state index contributed by atoms with van der Waals surface area (Å²) < 4.78 is 85.1. The van der Waals surface area contributed by atoms with Crippen LogP contribution in [-0.4, -0.2) is 267 Å². The molecule has 2 aliphatic heterocycles. The fourth-order valence-corrected chi connectivity index (χ4v) is 11.2. The number of amides is 6. The Hall–Kier alpha value is -6.14. The lowest BCUT2D eigenvalue weighted by Crippen LogP contribution is -2.36. The lowest BCUT2D eigenvalue weighted by atomic mass is 10.0. The lowest BCUT2D eigenvalue weighted by Gasteiger charge is -2.16. The van der Waals surface area contributed by atoms with Crippen LogP contribution in [0.4, 0.5) is 37.9 Å². The topological polar surface area (TPSA) is 331 Å². The van der Waals surface area contributed by atoms with Gasteiger partial charge in [-0.3, -0.25) is 19.2 Å². The number of nitrogens with zero attached hydrogens (tertiary/aromatic N) is 3. The maximum Gasteiger partial charge on any atom is 0.315 e. The highest BCUT2D eigenvalue weighted by Crippen LogP contribution is 2.34. The summed E-state index contributed by atoms with van der Waals surface area (Å²) in [5, 5.41) is 24.1. The van der Waals surface area contributed by atoms with Crippen molar-refractivity contribution in [3.05, 3.63) is 71.8 Å². The van der Waals surface area contributed by atoms with Gasteiger partial charge >= 0.3 is 6.03 Å². The van der Waals surface area contributed by atoms with E-state index in [1.165, 1.54) is 31.6 Å². The highest BCUT2D eigenvalue weighted by Gasteiger charge is 2.42. The first-order chi connectivity index (χ1) is 47.9. The van der Waals surface area contributed by atoms with Gasteiger partial charge < -0.3 is 109 Å².